The zero-order valence-corrected chi connectivity index (χ0v) is 11.9. The minimum absolute atomic E-state index is 0.469. The number of hydrogen-bond donors (Lipinski definition) is 0. The van der Waals surface area contributed by atoms with Gasteiger partial charge in [-0.3, -0.25) is 0 Å². The van der Waals surface area contributed by atoms with Crippen LogP contribution in [0.1, 0.15) is 50.1 Å². The van der Waals surface area contributed by atoms with E-state index in [-0.39, 0.29) is 0 Å². The van der Waals surface area contributed by atoms with Crippen molar-refractivity contribution in [3.63, 3.8) is 0 Å². The Hall–Kier alpha value is -1.49. The molecule has 19 heavy (non-hydrogen) atoms. The standard InChI is InChI=1S/C13H16ClN5/c1-3-10-16-11(4-2)19(18-10)12-7-9(14)15-13(17-12)8-5-6-8/h7-8H,3-6H2,1-2H3. The van der Waals surface area contributed by atoms with Crippen molar-refractivity contribution in [1.82, 2.24) is 24.7 Å². The maximum atomic E-state index is 6.10. The van der Waals surface area contributed by atoms with E-state index in [1.165, 1.54) is 0 Å². The van der Waals surface area contributed by atoms with Crippen molar-refractivity contribution in [3.8, 4) is 5.82 Å². The lowest BCUT2D eigenvalue weighted by atomic mass is 10.4. The molecule has 5 nitrogen and oxygen atoms in total. The highest BCUT2D eigenvalue weighted by Crippen LogP contribution is 2.38. The van der Waals surface area contributed by atoms with Crippen molar-refractivity contribution in [2.24, 2.45) is 0 Å². The SMILES string of the molecule is CCc1nc(CC)n(-c2cc(Cl)nc(C3CC3)n2)n1. The molecule has 0 bridgehead atoms. The van der Waals surface area contributed by atoms with Crippen LogP contribution in [0.25, 0.3) is 5.82 Å². The Morgan fingerprint density at radius 1 is 1.21 bits per heavy atom. The summed E-state index contributed by atoms with van der Waals surface area (Å²) in [6.07, 6.45) is 3.93. The molecule has 1 aliphatic rings. The van der Waals surface area contributed by atoms with Crippen LogP contribution in [0.4, 0.5) is 0 Å². The van der Waals surface area contributed by atoms with Crippen molar-refractivity contribution < 1.29 is 0 Å². The molecule has 0 aliphatic heterocycles. The molecule has 0 aromatic carbocycles. The van der Waals surface area contributed by atoms with Gasteiger partial charge in [-0.1, -0.05) is 25.4 Å². The minimum Gasteiger partial charge on any atom is -0.221 e. The fourth-order valence-corrected chi connectivity index (χ4v) is 2.19. The van der Waals surface area contributed by atoms with Crippen molar-refractivity contribution in [3.05, 3.63) is 28.7 Å². The lowest BCUT2D eigenvalue weighted by Gasteiger charge is -2.06. The molecule has 1 fully saturated rings. The second kappa shape index (κ2) is 4.89. The van der Waals surface area contributed by atoms with Gasteiger partial charge in [0, 0.05) is 24.8 Å². The molecule has 6 heteroatoms. The fourth-order valence-electron chi connectivity index (χ4n) is 2.01. The Balaban J connectivity index is 2.07. The van der Waals surface area contributed by atoms with Crippen LogP contribution >= 0.6 is 11.6 Å². The first-order valence-electron chi connectivity index (χ1n) is 6.71. The third kappa shape index (κ3) is 2.47. The van der Waals surface area contributed by atoms with E-state index in [1.807, 2.05) is 6.92 Å². The average molecular weight is 278 g/mol. The molecule has 1 saturated carbocycles. The van der Waals surface area contributed by atoms with Gasteiger partial charge in [0.2, 0.25) is 0 Å². The highest BCUT2D eigenvalue weighted by molar-refractivity contribution is 6.29. The molecule has 1 aliphatic carbocycles. The van der Waals surface area contributed by atoms with Crippen LogP contribution in [-0.2, 0) is 12.8 Å². The number of nitrogens with zero attached hydrogens (tertiary/aromatic N) is 5. The highest BCUT2D eigenvalue weighted by Gasteiger charge is 2.27. The molecule has 0 saturated heterocycles. The molecule has 0 spiro atoms. The van der Waals surface area contributed by atoms with E-state index >= 15 is 0 Å². The molecule has 0 radical (unpaired) electrons. The van der Waals surface area contributed by atoms with Crippen LogP contribution in [0.15, 0.2) is 6.07 Å². The first kappa shape index (κ1) is 12.5. The normalized spacial score (nSPS) is 14.9. The molecule has 2 aromatic heterocycles. The molecular weight excluding hydrogens is 262 g/mol. The lowest BCUT2D eigenvalue weighted by Crippen LogP contribution is -2.07. The van der Waals surface area contributed by atoms with Gasteiger partial charge in [-0.25, -0.2) is 15.0 Å². The van der Waals surface area contributed by atoms with Crippen LogP contribution in [-0.4, -0.2) is 24.7 Å². The summed E-state index contributed by atoms with van der Waals surface area (Å²) in [7, 11) is 0. The van der Waals surface area contributed by atoms with Gasteiger partial charge in [0.25, 0.3) is 0 Å². The predicted octanol–water partition coefficient (Wildman–Crippen LogP) is 2.71. The highest BCUT2D eigenvalue weighted by atomic mass is 35.5. The number of halogens is 1. The topological polar surface area (TPSA) is 56.5 Å². The maximum Gasteiger partial charge on any atom is 0.160 e. The first-order valence-corrected chi connectivity index (χ1v) is 7.08. The van der Waals surface area contributed by atoms with Crippen LogP contribution in [0.5, 0.6) is 0 Å². The molecule has 2 aromatic rings. The second-order valence-corrected chi connectivity index (χ2v) is 5.13. The van der Waals surface area contributed by atoms with E-state index in [9.17, 15) is 0 Å². The van der Waals surface area contributed by atoms with Crippen molar-refractivity contribution in [2.75, 3.05) is 0 Å². The van der Waals surface area contributed by atoms with Gasteiger partial charge in [-0.05, 0) is 12.8 Å². The second-order valence-electron chi connectivity index (χ2n) is 4.74. The van der Waals surface area contributed by atoms with Crippen molar-refractivity contribution in [2.45, 2.75) is 45.4 Å². The molecule has 0 atom stereocenters. The summed E-state index contributed by atoms with van der Waals surface area (Å²) in [5, 5.41) is 4.96. The average Bonchev–Trinajstić information content (AvgIpc) is 3.17. The third-order valence-electron chi connectivity index (χ3n) is 3.21. The number of aryl methyl sites for hydroxylation is 2. The maximum absolute atomic E-state index is 6.10. The van der Waals surface area contributed by atoms with Gasteiger partial charge < -0.3 is 0 Å². The van der Waals surface area contributed by atoms with Crippen LogP contribution in [0.2, 0.25) is 5.15 Å². The lowest BCUT2D eigenvalue weighted by molar-refractivity contribution is 0.752. The summed E-state index contributed by atoms with van der Waals surface area (Å²) in [6, 6.07) is 1.75. The molecule has 0 N–H and O–H groups in total. The Morgan fingerprint density at radius 3 is 2.63 bits per heavy atom. The Morgan fingerprint density at radius 2 is 2.00 bits per heavy atom. The van der Waals surface area contributed by atoms with E-state index in [4.69, 9.17) is 11.6 Å². The Kier molecular flexibility index (Phi) is 3.22. The number of rotatable bonds is 4. The van der Waals surface area contributed by atoms with E-state index in [2.05, 4.69) is 27.0 Å². The molecule has 2 heterocycles. The summed E-state index contributed by atoms with van der Waals surface area (Å²) in [6.45, 7) is 4.10. The van der Waals surface area contributed by atoms with Gasteiger partial charge in [0.15, 0.2) is 11.6 Å². The van der Waals surface area contributed by atoms with Gasteiger partial charge in [-0.15, -0.1) is 5.10 Å². The van der Waals surface area contributed by atoms with Crippen LogP contribution in [0, 0.1) is 0 Å². The first-order chi connectivity index (χ1) is 9.21. The largest absolute Gasteiger partial charge is 0.221 e. The quantitative estimate of drug-likeness (QED) is 0.807. The van der Waals surface area contributed by atoms with Crippen molar-refractivity contribution >= 4 is 11.6 Å². The molecule has 0 unspecified atom stereocenters. The summed E-state index contributed by atoms with van der Waals surface area (Å²) in [4.78, 5) is 13.4. The number of hydrogen-bond acceptors (Lipinski definition) is 4. The monoisotopic (exact) mass is 277 g/mol. The third-order valence-corrected chi connectivity index (χ3v) is 3.40. The van der Waals surface area contributed by atoms with Crippen LogP contribution < -0.4 is 0 Å². The van der Waals surface area contributed by atoms with E-state index < -0.39 is 0 Å². The predicted molar refractivity (Wildman–Crippen MR) is 72.7 cm³/mol. The van der Waals surface area contributed by atoms with Crippen LogP contribution in [0.3, 0.4) is 0 Å². The van der Waals surface area contributed by atoms with E-state index in [0.29, 0.717) is 11.1 Å². The minimum atomic E-state index is 0.469. The van der Waals surface area contributed by atoms with E-state index in [0.717, 1.165) is 49.0 Å². The summed E-state index contributed by atoms with van der Waals surface area (Å²) in [5.41, 5.74) is 0. The smallest absolute Gasteiger partial charge is 0.160 e. The molecular formula is C13H16ClN5. The van der Waals surface area contributed by atoms with Crippen molar-refractivity contribution in [1.29, 1.82) is 0 Å². The fraction of sp³-hybridized carbons (Fsp3) is 0.538. The van der Waals surface area contributed by atoms with Gasteiger partial charge in [0.1, 0.15) is 16.8 Å². The van der Waals surface area contributed by atoms with Gasteiger partial charge in [-0.2, -0.15) is 4.68 Å². The zero-order valence-electron chi connectivity index (χ0n) is 11.1. The zero-order chi connectivity index (χ0) is 13.4. The van der Waals surface area contributed by atoms with Gasteiger partial charge in [0.05, 0.1) is 0 Å². The molecule has 100 valence electrons. The Labute approximate surface area is 117 Å². The molecule has 0 amide bonds. The van der Waals surface area contributed by atoms with Gasteiger partial charge >= 0.3 is 0 Å². The number of aromatic nitrogens is 5. The summed E-state index contributed by atoms with van der Waals surface area (Å²) >= 11 is 6.10. The summed E-state index contributed by atoms with van der Waals surface area (Å²) < 4.78 is 1.79. The molecule has 3 rings (SSSR count). The summed E-state index contributed by atoms with van der Waals surface area (Å²) in [5.74, 6) is 3.77. The Bertz CT molecular complexity index is 603. The van der Waals surface area contributed by atoms with E-state index in [1.54, 1.807) is 10.7 Å².